The van der Waals surface area contributed by atoms with Crippen molar-refractivity contribution >= 4 is 39.0 Å². The Hall–Kier alpha value is -2.47. The van der Waals surface area contributed by atoms with Gasteiger partial charge in [-0.1, -0.05) is 17.4 Å². The maximum atomic E-state index is 14.4. The molecule has 4 nitrogen and oxygen atoms in total. The Labute approximate surface area is 136 Å². The molecule has 1 aromatic carbocycles. The highest BCUT2D eigenvalue weighted by Crippen LogP contribution is 2.28. The van der Waals surface area contributed by atoms with E-state index in [-0.39, 0.29) is 5.82 Å². The molecule has 0 amide bonds. The number of aromatic nitrogens is 2. The fourth-order valence-corrected chi connectivity index (χ4v) is 3.56. The van der Waals surface area contributed by atoms with Crippen LogP contribution in [-0.2, 0) is 0 Å². The highest BCUT2D eigenvalue weighted by Gasteiger charge is 2.10. The standard InChI is InChI=1S/C17H15FN4S/c1-19-17-21-15-8-20-14(7-16(15)23-17)10-5-11-9-22(2)4-3-12(11)13(18)6-10/h3,5-9H,4H2,1-2H3,(H,19,21). The van der Waals surface area contributed by atoms with Crippen LogP contribution >= 0.6 is 11.3 Å². The number of halogens is 1. The van der Waals surface area contributed by atoms with Crippen LogP contribution < -0.4 is 15.8 Å². The molecule has 0 saturated heterocycles. The van der Waals surface area contributed by atoms with Crippen molar-refractivity contribution in [1.29, 1.82) is 0 Å². The van der Waals surface area contributed by atoms with Crippen LogP contribution in [0.5, 0.6) is 0 Å². The number of rotatable bonds is 2. The molecule has 0 atom stereocenters. The van der Waals surface area contributed by atoms with Crippen LogP contribution in [0.3, 0.4) is 0 Å². The van der Waals surface area contributed by atoms with Gasteiger partial charge in [-0.05, 0) is 18.2 Å². The molecule has 1 N–H and O–H groups in total. The number of pyridine rings is 1. The fourth-order valence-electron chi connectivity index (χ4n) is 2.73. The van der Waals surface area contributed by atoms with Gasteiger partial charge < -0.3 is 10.2 Å². The second-order valence-corrected chi connectivity index (χ2v) is 6.57. The summed E-state index contributed by atoms with van der Waals surface area (Å²) in [5.74, 6) is -0.205. The number of fused-ring (bicyclic) bond motifs is 2. The van der Waals surface area contributed by atoms with Crippen LogP contribution in [0, 0.1) is 5.82 Å². The van der Waals surface area contributed by atoms with E-state index in [4.69, 9.17) is 0 Å². The molecular formula is C17H15FN4S. The first kappa shape index (κ1) is 14.1. The number of anilines is 1. The molecule has 0 unspecified atom stereocenters. The summed E-state index contributed by atoms with van der Waals surface area (Å²) >= 11 is 1.56. The van der Waals surface area contributed by atoms with Gasteiger partial charge in [-0.2, -0.15) is 0 Å². The summed E-state index contributed by atoms with van der Waals surface area (Å²) in [5, 5.41) is 5.44. The number of thiazole rings is 1. The Kier molecular flexibility index (Phi) is 3.27. The molecule has 1 aliphatic heterocycles. The van der Waals surface area contributed by atoms with Gasteiger partial charge in [0.05, 0.1) is 16.6 Å². The Morgan fingerprint density at radius 3 is 3.00 bits per heavy atom. The maximum Gasteiger partial charge on any atom is 0.183 e. The van der Waals surface area contributed by atoms with Gasteiger partial charge in [-0.3, -0.25) is 4.98 Å². The minimum Gasteiger partial charge on any atom is -0.376 e. The third-order valence-corrected chi connectivity index (χ3v) is 4.92. The lowest BCUT2D eigenvalue weighted by Gasteiger charge is -2.15. The topological polar surface area (TPSA) is 41.1 Å². The molecule has 0 radical (unpaired) electrons. The van der Waals surface area contributed by atoms with E-state index in [1.54, 1.807) is 23.6 Å². The summed E-state index contributed by atoms with van der Waals surface area (Å²) < 4.78 is 15.4. The predicted molar refractivity (Wildman–Crippen MR) is 93.2 cm³/mol. The van der Waals surface area contributed by atoms with E-state index in [0.29, 0.717) is 5.22 Å². The third kappa shape index (κ3) is 2.45. The predicted octanol–water partition coefficient (Wildman–Crippen LogP) is 2.00. The van der Waals surface area contributed by atoms with Gasteiger partial charge in [-0.15, -0.1) is 0 Å². The van der Waals surface area contributed by atoms with Gasteiger partial charge in [0.15, 0.2) is 5.13 Å². The first-order valence-electron chi connectivity index (χ1n) is 7.30. The van der Waals surface area contributed by atoms with Crippen LogP contribution in [0.2, 0.25) is 0 Å². The highest BCUT2D eigenvalue weighted by molar-refractivity contribution is 7.22. The van der Waals surface area contributed by atoms with Crippen molar-refractivity contribution in [1.82, 2.24) is 14.9 Å². The highest BCUT2D eigenvalue weighted by atomic mass is 32.1. The smallest absolute Gasteiger partial charge is 0.183 e. The first-order valence-corrected chi connectivity index (χ1v) is 8.12. The summed E-state index contributed by atoms with van der Waals surface area (Å²) in [6.45, 7) is 0.723. The summed E-state index contributed by atoms with van der Waals surface area (Å²) in [6, 6.07) is 5.51. The second kappa shape index (κ2) is 5.31. The van der Waals surface area contributed by atoms with Crippen molar-refractivity contribution < 1.29 is 4.39 Å². The van der Waals surface area contributed by atoms with Crippen LogP contribution in [0.15, 0.2) is 24.4 Å². The SMILES string of the molecule is CNc1nc2cnc(-c3cc(F)c4c(c3)=CN(C)CC=4)cc2s1. The van der Waals surface area contributed by atoms with Crippen LogP contribution in [0.1, 0.15) is 0 Å². The second-order valence-electron chi connectivity index (χ2n) is 5.54. The Morgan fingerprint density at radius 1 is 1.30 bits per heavy atom. The zero-order valence-electron chi connectivity index (χ0n) is 12.8. The monoisotopic (exact) mass is 326 g/mol. The molecule has 0 fully saturated rings. The molecule has 4 rings (SSSR count). The minimum atomic E-state index is -0.205. The number of nitrogens with one attached hydrogen (secondary N) is 1. The average molecular weight is 326 g/mol. The van der Waals surface area contributed by atoms with Crippen molar-refractivity contribution in [2.75, 3.05) is 26.0 Å². The van der Waals surface area contributed by atoms with E-state index in [9.17, 15) is 4.39 Å². The molecule has 0 aliphatic carbocycles. The van der Waals surface area contributed by atoms with Gasteiger partial charge >= 0.3 is 0 Å². The summed E-state index contributed by atoms with van der Waals surface area (Å²) in [5.41, 5.74) is 2.38. The van der Waals surface area contributed by atoms with Crippen molar-refractivity contribution in [3.63, 3.8) is 0 Å². The largest absolute Gasteiger partial charge is 0.376 e. The molecule has 3 heterocycles. The van der Waals surface area contributed by atoms with E-state index in [1.165, 1.54) is 0 Å². The molecule has 6 heteroatoms. The van der Waals surface area contributed by atoms with E-state index in [1.807, 2.05) is 43.4 Å². The van der Waals surface area contributed by atoms with E-state index >= 15 is 0 Å². The molecule has 3 aromatic rings. The van der Waals surface area contributed by atoms with Gasteiger partial charge in [-0.25, -0.2) is 9.37 Å². The van der Waals surface area contributed by atoms with Gasteiger partial charge in [0, 0.05) is 42.8 Å². The normalized spacial score (nSPS) is 13.4. The lowest BCUT2D eigenvalue weighted by Crippen LogP contribution is -2.36. The van der Waals surface area contributed by atoms with Crippen molar-refractivity contribution in [2.45, 2.75) is 0 Å². The summed E-state index contributed by atoms with van der Waals surface area (Å²) in [7, 11) is 3.82. The zero-order chi connectivity index (χ0) is 16.0. The van der Waals surface area contributed by atoms with Crippen molar-refractivity contribution in [3.8, 4) is 11.3 Å². The van der Waals surface area contributed by atoms with Crippen LogP contribution in [-0.4, -0.2) is 35.5 Å². The quantitative estimate of drug-likeness (QED) is 0.782. The molecule has 23 heavy (non-hydrogen) atoms. The summed E-state index contributed by atoms with van der Waals surface area (Å²) in [6.07, 6.45) is 5.61. The zero-order valence-corrected chi connectivity index (χ0v) is 13.6. The van der Waals surface area contributed by atoms with E-state index in [2.05, 4.69) is 15.3 Å². The van der Waals surface area contributed by atoms with Crippen LogP contribution in [0.25, 0.3) is 33.7 Å². The Balaban J connectivity index is 1.89. The van der Waals surface area contributed by atoms with Gasteiger partial charge in [0.25, 0.3) is 0 Å². The number of nitrogens with zero attached hydrogens (tertiary/aromatic N) is 3. The summed E-state index contributed by atoms with van der Waals surface area (Å²) in [4.78, 5) is 10.9. The lowest BCUT2D eigenvalue weighted by atomic mass is 10.1. The van der Waals surface area contributed by atoms with E-state index in [0.717, 1.165) is 38.4 Å². The van der Waals surface area contributed by atoms with Gasteiger partial charge in [0.2, 0.25) is 0 Å². The first-order chi connectivity index (χ1) is 11.1. The Bertz CT molecular complexity index is 1020. The van der Waals surface area contributed by atoms with Gasteiger partial charge in [0.1, 0.15) is 11.3 Å². The van der Waals surface area contributed by atoms with Crippen molar-refractivity contribution in [2.24, 2.45) is 0 Å². The Morgan fingerprint density at radius 2 is 2.17 bits per heavy atom. The molecule has 116 valence electrons. The van der Waals surface area contributed by atoms with Crippen LogP contribution in [0.4, 0.5) is 9.52 Å². The average Bonchev–Trinajstić information content (AvgIpc) is 2.96. The molecule has 0 spiro atoms. The molecule has 0 saturated carbocycles. The third-order valence-electron chi connectivity index (χ3n) is 3.89. The molecule has 1 aliphatic rings. The molecule has 2 aromatic heterocycles. The van der Waals surface area contributed by atoms with Crippen molar-refractivity contribution in [3.05, 3.63) is 40.7 Å². The number of benzene rings is 1. The fraction of sp³-hybridized carbons (Fsp3) is 0.176. The maximum absolute atomic E-state index is 14.4. The lowest BCUT2D eigenvalue weighted by molar-refractivity contribution is 0.556. The number of hydrogen-bond donors (Lipinski definition) is 1. The number of hydrogen-bond acceptors (Lipinski definition) is 5. The van der Waals surface area contributed by atoms with E-state index < -0.39 is 0 Å². The molecular weight excluding hydrogens is 311 g/mol. The minimum absolute atomic E-state index is 0.205. The molecule has 0 bridgehead atoms.